The number of alkyl halides is 1. The number of halogens is 2. The van der Waals surface area contributed by atoms with E-state index in [0.717, 1.165) is 42.9 Å². The molecule has 96 valence electrons. The molecule has 0 saturated carbocycles. The fraction of sp³-hybridized carbons (Fsp3) is 0.571. The van der Waals surface area contributed by atoms with Gasteiger partial charge in [-0.15, -0.1) is 11.6 Å². The molecule has 0 spiro atoms. The molecular formula is C14H20Cl2O. The summed E-state index contributed by atoms with van der Waals surface area (Å²) in [6.45, 7) is 2.16. The fourth-order valence-corrected chi connectivity index (χ4v) is 2.48. The van der Waals surface area contributed by atoms with E-state index in [1.807, 2.05) is 18.2 Å². The number of hydrogen-bond acceptors (Lipinski definition) is 1. The summed E-state index contributed by atoms with van der Waals surface area (Å²) in [5.41, 5.74) is 1.17. The highest BCUT2D eigenvalue weighted by Gasteiger charge is 2.06. The summed E-state index contributed by atoms with van der Waals surface area (Å²) >= 11 is 12.2. The maximum Gasteiger partial charge on any atom is 0.122 e. The van der Waals surface area contributed by atoms with Gasteiger partial charge in [0, 0.05) is 10.4 Å². The van der Waals surface area contributed by atoms with Crippen LogP contribution in [0.1, 0.15) is 38.2 Å². The van der Waals surface area contributed by atoms with Gasteiger partial charge in [-0.25, -0.2) is 0 Å². The van der Waals surface area contributed by atoms with Gasteiger partial charge in [0.25, 0.3) is 0 Å². The predicted molar refractivity (Wildman–Crippen MR) is 75.5 cm³/mol. The van der Waals surface area contributed by atoms with E-state index < -0.39 is 0 Å². The van der Waals surface area contributed by atoms with E-state index in [1.165, 1.54) is 5.56 Å². The van der Waals surface area contributed by atoms with E-state index in [0.29, 0.717) is 5.38 Å². The predicted octanol–water partition coefficient (Wildman–Crippen LogP) is 5.08. The van der Waals surface area contributed by atoms with E-state index >= 15 is 0 Å². The minimum atomic E-state index is 0.296. The molecule has 1 unspecified atom stereocenters. The summed E-state index contributed by atoms with van der Waals surface area (Å²) in [5, 5.41) is 1.06. The minimum Gasteiger partial charge on any atom is -0.496 e. The van der Waals surface area contributed by atoms with E-state index in [1.54, 1.807) is 7.11 Å². The third kappa shape index (κ3) is 5.18. The number of ether oxygens (including phenoxy) is 1. The zero-order valence-corrected chi connectivity index (χ0v) is 12.0. The zero-order valence-electron chi connectivity index (χ0n) is 10.5. The molecule has 0 aliphatic carbocycles. The molecule has 0 heterocycles. The van der Waals surface area contributed by atoms with Crippen LogP contribution in [0, 0.1) is 0 Å². The van der Waals surface area contributed by atoms with Gasteiger partial charge in [0.05, 0.1) is 7.11 Å². The van der Waals surface area contributed by atoms with E-state index in [-0.39, 0.29) is 0 Å². The van der Waals surface area contributed by atoms with Gasteiger partial charge in [-0.3, -0.25) is 0 Å². The van der Waals surface area contributed by atoms with Crippen LogP contribution in [0.15, 0.2) is 18.2 Å². The Morgan fingerprint density at radius 3 is 2.71 bits per heavy atom. The first-order chi connectivity index (χ1) is 8.17. The van der Waals surface area contributed by atoms with Crippen molar-refractivity contribution in [1.82, 2.24) is 0 Å². The minimum absolute atomic E-state index is 0.296. The summed E-state index contributed by atoms with van der Waals surface area (Å²) in [6, 6.07) is 5.75. The first kappa shape index (κ1) is 14.7. The normalized spacial score (nSPS) is 12.5. The van der Waals surface area contributed by atoms with Crippen molar-refractivity contribution in [2.24, 2.45) is 0 Å². The van der Waals surface area contributed by atoms with Gasteiger partial charge in [0.1, 0.15) is 5.75 Å². The van der Waals surface area contributed by atoms with E-state index in [4.69, 9.17) is 27.9 Å². The van der Waals surface area contributed by atoms with E-state index in [2.05, 4.69) is 6.92 Å². The van der Waals surface area contributed by atoms with Gasteiger partial charge in [-0.1, -0.05) is 24.9 Å². The molecule has 1 rings (SSSR count). The van der Waals surface area contributed by atoms with Gasteiger partial charge >= 0.3 is 0 Å². The Morgan fingerprint density at radius 2 is 2.06 bits per heavy atom. The van der Waals surface area contributed by atoms with Crippen molar-refractivity contribution >= 4 is 23.2 Å². The molecule has 0 N–H and O–H groups in total. The molecule has 17 heavy (non-hydrogen) atoms. The van der Waals surface area contributed by atoms with Gasteiger partial charge in [0.2, 0.25) is 0 Å². The summed E-state index contributed by atoms with van der Waals surface area (Å²) in [7, 11) is 1.69. The van der Waals surface area contributed by atoms with Crippen LogP contribution in [0.4, 0.5) is 0 Å². The van der Waals surface area contributed by atoms with Crippen molar-refractivity contribution in [2.45, 2.75) is 44.4 Å². The molecule has 0 radical (unpaired) electrons. The largest absolute Gasteiger partial charge is 0.496 e. The lowest BCUT2D eigenvalue weighted by Crippen LogP contribution is -1.99. The van der Waals surface area contributed by atoms with Crippen LogP contribution >= 0.6 is 23.2 Å². The van der Waals surface area contributed by atoms with Gasteiger partial charge < -0.3 is 4.74 Å². The molecule has 1 aromatic rings. The zero-order chi connectivity index (χ0) is 12.7. The maximum atomic E-state index is 6.19. The summed E-state index contributed by atoms with van der Waals surface area (Å²) < 4.78 is 5.31. The van der Waals surface area contributed by atoms with E-state index in [9.17, 15) is 0 Å². The fourth-order valence-electron chi connectivity index (χ4n) is 1.91. The molecule has 3 heteroatoms. The average Bonchev–Trinajstić information content (AvgIpc) is 2.30. The number of methoxy groups -OCH3 is 1. The van der Waals surface area contributed by atoms with Crippen LogP contribution in [0.5, 0.6) is 5.75 Å². The van der Waals surface area contributed by atoms with Crippen molar-refractivity contribution in [2.75, 3.05) is 7.11 Å². The summed E-state index contributed by atoms with van der Waals surface area (Å²) in [6.07, 6.45) is 5.33. The van der Waals surface area contributed by atoms with Gasteiger partial charge in [-0.05, 0) is 49.4 Å². The van der Waals surface area contributed by atoms with Crippen molar-refractivity contribution in [3.63, 3.8) is 0 Å². The van der Waals surface area contributed by atoms with Crippen LogP contribution in [0.25, 0.3) is 0 Å². The quantitative estimate of drug-likeness (QED) is 0.630. The molecule has 0 fully saturated rings. The molecule has 0 aliphatic rings. The molecule has 1 nitrogen and oxygen atoms in total. The van der Waals surface area contributed by atoms with Crippen LogP contribution < -0.4 is 4.74 Å². The number of benzene rings is 1. The van der Waals surface area contributed by atoms with Crippen molar-refractivity contribution in [1.29, 1.82) is 0 Å². The summed E-state index contributed by atoms with van der Waals surface area (Å²) in [5.74, 6) is 0.913. The molecule has 0 saturated heterocycles. The van der Waals surface area contributed by atoms with Crippen molar-refractivity contribution < 1.29 is 4.74 Å². The second-order valence-corrected chi connectivity index (χ2v) is 5.29. The highest BCUT2D eigenvalue weighted by atomic mass is 35.5. The highest BCUT2D eigenvalue weighted by Crippen LogP contribution is 2.25. The highest BCUT2D eigenvalue weighted by molar-refractivity contribution is 6.30. The Bertz CT molecular complexity index is 339. The number of rotatable bonds is 7. The molecule has 0 aliphatic heterocycles. The molecule has 1 aromatic carbocycles. The number of hydrogen-bond donors (Lipinski definition) is 0. The molecular weight excluding hydrogens is 255 g/mol. The van der Waals surface area contributed by atoms with Gasteiger partial charge in [-0.2, -0.15) is 0 Å². The maximum absolute atomic E-state index is 6.19. The molecule has 1 atom stereocenters. The topological polar surface area (TPSA) is 9.23 Å². The van der Waals surface area contributed by atoms with Crippen LogP contribution in [-0.4, -0.2) is 12.5 Å². The van der Waals surface area contributed by atoms with Crippen molar-refractivity contribution in [3.05, 3.63) is 28.8 Å². The third-order valence-corrected chi connectivity index (χ3v) is 3.48. The summed E-state index contributed by atoms with van der Waals surface area (Å²) in [4.78, 5) is 0. The Balaban J connectivity index is 2.48. The Kier molecular flexibility index (Phi) is 6.76. The van der Waals surface area contributed by atoms with Crippen LogP contribution in [0.3, 0.4) is 0 Å². The van der Waals surface area contributed by atoms with Gasteiger partial charge in [0.15, 0.2) is 0 Å². The monoisotopic (exact) mass is 274 g/mol. The second kappa shape index (κ2) is 7.84. The smallest absolute Gasteiger partial charge is 0.122 e. The molecule has 0 bridgehead atoms. The second-order valence-electron chi connectivity index (χ2n) is 4.23. The lowest BCUT2D eigenvalue weighted by molar-refractivity contribution is 0.408. The number of aryl methyl sites for hydroxylation is 1. The van der Waals surface area contributed by atoms with Crippen molar-refractivity contribution in [3.8, 4) is 5.75 Å². The third-order valence-electron chi connectivity index (χ3n) is 2.81. The Hall–Kier alpha value is -0.400. The average molecular weight is 275 g/mol. The Labute approximate surface area is 114 Å². The first-order valence-corrected chi connectivity index (χ1v) is 6.95. The standard InChI is InChI=1S/C14H20Cl2O/c1-3-5-12(15)7-4-6-11-10-13(16)8-9-14(11)17-2/h8-10,12H,3-7H2,1-2H3. The molecule has 0 amide bonds. The lowest BCUT2D eigenvalue weighted by Gasteiger charge is -2.10. The van der Waals surface area contributed by atoms with Crippen LogP contribution in [-0.2, 0) is 6.42 Å². The SMILES string of the molecule is CCCC(Cl)CCCc1cc(Cl)ccc1OC. The molecule has 0 aromatic heterocycles. The first-order valence-electron chi connectivity index (χ1n) is 6.13. The Morgan fingerprint density at radius 1 is 1.29 bits per heavy atom. The van der Waals surface area contributed by atoms with Crippen LogP contribution in [0.2, 0.25) is 5.02 Å². The lowest BCUT2D eigenvalue weighted by atomic mass is 10.0.